The molecule has 5 nitrogen and oxygen atoms in total. The number of primary sulfonamides is 1. The average Bonchev–Trinajstić information content (AvgIpc) is 3.28. The molecule has 4 rings (SSSR count). The number of rotatable bonds is 5. The van der Waals surface area contributed by atoms with Gasteiger partial charge in [-0.05, 0) is 43.2 Å². The Balaban J connectivity index is 1.81. The van der Waals surface area contributed by atoms with Crippen LogP contribution in [0.2, 0.25) is 5.02 Å². The Labute approximate surface area is 182 Å². The number of carbonyl (C=O) groups excluding carboxylic acids is 1. The number of thiazole rings is 1. The van der Waals surface area contributed by atoms with E-state index < -0.39 is 15.8 Å². The van der Waals surface area contributed by atoms with Crippen LogP contribution in [0, 0.1) is 11.7 Å². The van der Waals surface area contributed by atoms with Gasteiger partial charge in [-0.25, -0.2) is 22.9 Å². The van der Waals surface area contributed by atoms with Crippen LogP contribution in [0.25, 0.3) is 21.7 Å². The zero-order valence-corrected chi connectivity index (χ0v) is 18.2. The van der Waals surface area contributed by atoms with Crippen LogP contribution in [-0.2, 0) is 21.2 Å². The predicted octanol–water partition coefficient (Wildman–Crippen LogP) is 4.83. The molecule has 1 fully saturated rings. The van der Waals surface area contributed by atoms with Gasteiger partial charge in [-0.2, -0.15) is 0 Å². The molecule has 1 aliphatic rings. The minimum absolute atomic E-state index is 0.0586. The highest BCUT2D eigenvalue weighted by Gasteiger charge is 2.27. The van der Waals surface area contributed by atoms with Crippen LogP contribution < -0.4 is 5.14 Å². The topological polar surface area (TPSA) is 90.1 Å². The number of halogens is 2. The van der Waals surface area contributed by atoms with Gasteiger partial charge in [0.2, 0.25) is 10.0 Å². The number of hydrogen-bond acceptors (Lipinski definition) is 5. The third kappa shape index (κ3) is 4.32. The van der Waals surface area contributed by atoms with E-state index in [9.17, 15) is 17.6 Å². The van der Waals surface area contributed by atoms with Crippen molar-refractivity contribution in [3.05, 3.63) is 58.3 Å². The van der Waals surface area contributed by atoms with E-state index in [0.717, 1.165) is 29.5 Å². The normalized spacial score (nSPS) is 16.9. The summed E-state index contributed by atoms with van der Waals surface area (Å²) in [5, 5.41) is 6.42. The Hall–Kier alpha value is -2.13. The number of Topliss-reactive ketones (excluding diaryl/α,β-unsaturated/α-hetero) is 1. The van der Waals surface area contributed by atoms with Crippen molar-refractivity contribution in [1.82, 2.24) is 4.98 Å². The first-order chi connectivity index (χ1) is 14.2. The van der Waals surface area contributed by atoms with E-state index in [1.54, 1.807) is 24.3 Å². The van der Waals surface area contributed by atoms with Crippen molar-refractivity contribution in [1.29, 1.82) is 0 Å². The van der Waals surface area contributed by atoms with Crippen LogP contribution in [0.4, 0.5) is 4.39 Å². The van der Waals surface area contributed by atoms with Gasteiger partial charge in [0.05, 0.1) is 20.5 Å². The number of carbonyl (C=O) groups is 1. The molecular weight excluding hydrogens is 447 g/mol. The number of benzene rings is 2. The number of hydrogen-bond donors (Lipinski definition) is 1. The first-order valence-electron chi connectivity index (χ1n) is 9.33. The highest BCUT2D eigenvalue weighted by atomic mass is 35.5. The van der Waals surface area contributed by atoms with Crippen LogP contribution in [-0.4, -0.2) is 19.2 Å². The third-order valence-electron chi connectivity index (χ3n) is 5.15. The van der Waals surface area contributed by atoms with Gasteiger partial charge in [0.15, 0.2) is 0 Å². The Kier molecular flexibility index (Phi) is 5.76. The number of sulfonamides is 1. The Bertz CT molecular complexity index is 1220. The molecule has 2 N–H and O–H groups in total. The average molecular weight is 465 g/mol. The molecule has 1 unspecified atom stereocenters. The molecule has 1 heterocycles. The third-order valence-corrected chi connectivity index (χ3v) is 7.43. The maximum Gasteiger partial charge on any atom is 0.238 e. The second-order valence-corrected chi connectivity index (χ2v) is 10.3. The van der Waals surface area contributed by atoms with Crippen LogP contribution in [0.3, 0.4) is 0 Å². The minimum Gasteiger partial charge on any atom is -0.299 e. The number of ketones is 1. The molecule has 1 saturated carbocycles. The molecule has 1 aliphatic carbocycles. The fourth-order valence-electron chi connectivity index (χ4n) is 3.61. The summed E-state index contributed by atoms with van der Waals surface area (Å²) in [6.07, 6.45) is 2.83. The summed E-state index contributed by atoms with van der Waals surface area (Å²) in [7, 11) is -4.01. The lowest BCUT2D eigenvalue weighted by molar-refractivity contribution is -0.120. The number of nitrogens with two attached hydrogens (primary N) is 1. The monoisotopic (exact) mass is 464 g/mol. The first kappa shape index (κ1) is 21.1. The summed E-state index contributed by atoms with van der Waals surface area (Å²) in [6, 6.07) is 10.6. The second kappa shape index (κ2) is 8.19. The Morgan fingerprint density at radius 3 is 2.53 bits per heavy atom. The van der Waals surface area contributed by atoms with E-state index in [1.165, 1.54) is 23.5 Å². The summed E-state index contributed by atoms with van der Waals surface area (Å²) < 4.78 is 38.0. The minimum atomic E-state index is -4.01. The van der Waals surface area contributed by atoms with Gasteiger partial charge in [-0.3, -0.25) is 4.79 Å². The van der Waals surface area contributed by atoms with Gasteiger partial charge in [-0.15, -0.1) is 11.3 Å². The SMILES string of the molecule is NS(=O)(=O)c1ccc(-c2sc(CC3CCCC3=O)nc2-c2ccc(Cl)cc2)c(F)c1. The van der Waals surface area contributed by atoms with Crippen molar-refractivity contribution in [3.63, 3.8) is 0 Å². The fraction of sp³-hybridized carbons (Fsp3) is 0.238. The summed E-state index contributed by atoms with van der Waals surface area (Å²) >= 11 is 7.30. The first-order valence-corrected chi connectivity index (χ1v) is 12.1. The van der Waals surface area contributed by atoms with Crippen LogP contribution in [0.5, 0.6) is 0 Å². The molecule has 0 aliphatic heterocycles. The molecule has 0 spiro atoms. The summed E-state index contributed by atoms with van der Waals surface area (Å²) in [6.45, 7) is 0. The standard InChI is InChI=1S/C21H18ClFN2O3S2/c22-14-6-4-12(5-7-14)20-21(16-9-8-15(11-17(16)23)30(24,27)28)29-19(25-20)10-13-2-1-3-18(13)26/h4-9,11,13H,1-3,10H2,(H2,24,27,28). The molecule has 0 saturated heterocycles. The molecule has 1 aromatic heterocycles. The maximum absolute atomic E-state index is 14.9. The lowest BCUT2D eigenvalue weighted by Crippen LogP contribution is -2.12. The summed E-state index contributed by atoms with van der Waals surface area (Å²) in [5.74, 6) is -0.524. The van der Waals surface area contributed by atoms with Crippen molar-refractivity contribution in [2.45, 2.75) is 30.6 Å². The number of nitrogens with zero attached hydrogens (tertiary/aromatic N) is 1. The maximum atomic E-state index is 14.9. The zero-order chi connectivity index (χ0) is 21.5. The lowest BCUT2D eigenvalue weighted by atomic mass is 10.0. The summed E-state index contributed by atoms with van der Waals surface area (Å²) in [4.78, 5) is 17.0. The molecule has 156 valence electrons. The second-order valence-electron chi connectivity index (χ2n) is 7.24. The molecule has 2 aromatic carbocycles. The van der Waals surface area contributed by atoms with Gasteiger partial charge < -0.3 is 0 Å². The van der Waals surface area contributed by atoms with Gasteiger partial charge in [0.1, 0.15) is 11.6 Å². The van der Waals surface area contributed by atoms with E-state index in [1.807, 2.05) is 0 Å². The molecule has 0 radical (unpaired) electrons. The lowest BCUT2D eigenvalue weighted by Gasteiger charge is -2.06. The number of aromatic nitrogens is 1. The molecular formula is C21H18ClFN2O3S2. The Morgan fingerprint density at radius 2 is 1.93 bits per heavy atom. The van der Waals surface area contributed by atoms with Crippen LogP contribution in [0.1, 0.15) is 24.3 Å². The van der Waals surface area contributed by atoms with E-state index in [2.05, 4.69) is 0 Å². The quantitative estimate of drug-likeness (QED) is 0.585. The van der Waals surface area contributed by atoms with Crippen molar-refractivity contribution < 1.29 is 17.6 Å². The van der Waals surface area contributed by atoms with Crippen molar-refractivity contribution >= 4 is 38.7 Å². The van der Waals surface area contributed by atoms with Crippen molar-refractivity contribution in [3.8, 4) is 21.7 Å². The van der Waals surface area contributed by atoms with Gasteiger partial charge >= 0.3 is 0 Å². The predicted molar refractivity (Wildman–Crippen MR) is 115 cm³/mol. The van der Waals surface area contributed by atoms with E-state index in [-0.39, 0.29) is 22.2 Å². The largest absolute Gasteiger partial charge is 0.299 e. The fourth-order valence-corrected chi connectivity index (χ4v) is 5.45. The molecule has 30 heavy (non-hydrogen) atoms. The molecule has 0 bridgehead atoms. The van der Waals surface area contributed by atoms with Crippen molar-refractivity contribution in [2.24, 2.45) is 11.1 Å². The molecule has 0 amide bonds. The van der Waals surface area contributed by atoms with Gasteiger partial charge in [-0.1, -0.05) is 23.7 Å². The molecule has 1 atom stereocenters. The van der Waals surface area contributed by atoms with Crippen LogP contribution >= 0.6 is 22.9 Å². The van der Waals surface area contributed by atoms with Crippen molar-refractivity contribution in [2.75, 3.05) is 0 Å². The molecule has 3 aromatic rings. The molecule has 9 heteroatoms. The Morgan fingerprint density at radius 1 is 1.20 bits per heavy atom. The van der Waals surface area contributed by atoms with E-state index >= 15 is 0 Å². The summed E-state index contributed by atoms with van der Waals surface area (Å²) in [5.41, 5.74) is 1.55. The highest BCUT2D eigenvalue weighted by Crippen LogP contribution is 2.40. The van der Waals surface area contributed by atoms with Gasteiger partial charge in [0.25, 0.3) is 0 Å². The smallest absolute Gasteiger partial charge is 0.238 e. The zero-order valence-electron chi connectivity index (χ0n) is 15.8. The van der Waals surface area contributed by atoms with Crippen LogP contribution in [0.15, 0.2) is 47.4 Å². The van der Waals surface area contributed by atoms with E-state index in [0.29, 0.717) is 28.4 Å². The highest BCUT2D eigenvalue weighted by molar-refractivity contribution is 7.89. The van der Waals surface area contributed by atoms with Gasteiger partial charge in [0, 0.05) is 34.9 Å². The van der Waals surface area contributed by atoms with E-state index in [4.69, 9.17) is 21.7 Å².